The maximum Gasteiger partial charge on any atom is 0.289 e. The zero-order chi connectivity index (χ0) is 25.0. The van der Waals surface area contributed by atoms with Gasteiger partial charge >= 0.3 is 0 Å². The van der Waals surface area contributed by atoms with Gasteiger partial charge in [0, 0.05) is 36.8 Å². The number of rotatable bonds is 6. The lowest BCUT2D eigenvalue weighted by Crippen LogP contribution is -2.57. The predicted octanol–water partition coefficient (Wildman–Crippen LogP) is 2.45. The number of piperazine rings is 1. The van der Waals surface area contributed by atoms with Gasteiger partial charge in [-0.25, -0.2) is 8.42 Å². The number of furan rings is 1. The van der Waals surface area contributed by atoms with Crippen LogP contribution in [-0.2, 0) is 14.6 Å². The molecule has 2 aromatic carbocycles. The van der Waals surface area contributed by atoms with E-state index < -0.39 is 27.0 Å². The van der Waals surface area contributed by atoms with Crippen LogP contribution in [0.25, 0.3) is 0 Å². The molecule has 0 aliphatic carbocycles. The topological polar surface area (TPSA) is 117 Å². The Hall–Kier alpha value is -3.63. The molecule has 182 valence electrons. The van der Waals surface area contributed by atoms with Gasteiger partial charge in [0.15, 0.2) is 5.76 Å². The second-order valence-corrected chi connectivity index (χ2v) is 10.3. The summed E-state index contributed by atoms with van der Waals surface area (Å²) in [5.74, 6) is -1.67. The largest absolute Gasteiger partial charge is 0.459 e. The van der Waals surface area contributed by atoms with Crippen LogP contribution in [0.4, 0.5) is 0 Å². The van der Waals surface area contributed by atoms with Crippen molar-refractivity contribution in [3.8, 4) is 0 Å². The van der Waals surface area contributed by atoms with Gasteiger partial charge in [0.1, 0.15) is 0 Å². The van der Waals surface area contributed by atoms with E-state index in [0.717, 1.165) is 0 Å². The minimum Gasteiger partial charge on any atom is -0.459 e. The zero-order valence-corrected chi connectivity index (χ0v) is 20.0. The van der Waals surface area contributed by atoms with Crippen LogP contribution in [0.5, 0.6) is 0 Å². The smallest absolute Gasteiger partial charge is 0.289 e. The Balaban J connectivity index is 1.55. The van der Waals surface area contributed by atoms with Crippen LogP contribution in [0, 0.1) is 0 Å². The van der Waals surface area contributed by atoms with Crippen molar-refractivity contribution in [3.05, 3.63) is 89.3 Å². The van der Waals surface area contributed by atoms with E-state index in [-0.39, 0.29) is 48.3 Å². The quantitative estimate of drug-likeness (QED) is 0.539. The molecule has 1 aliphatic rings. The van der Waals surface area contributed by atoms with E-state index in [4.69, 9.17) is 16.0 Å². The zero-order valence-electron chi connectivity index (χ0n) is 18.5. The fourth-order valence-corrected chi connectivity index (χ4v) is 5.38. The van der Waals surface area contributed by atoms with Gasteiger partial charge in [-0.2, -0.15) is 0 Å². The van der Waals surface area contributed by atoms with Crippen LogP contribution in [0.15, 0.2) is 82.3 Å². The number of halogens is 1. The molecule has 1 aromatic heterocycles. The van der Waals surface area contributed by atoms with Gasteiger partial charge in [-0.3, -0.25) is 14.4 Å². The van der Waals surface area contributed by atoms with Crippen molar-refractivity contribution in [2.45, 2.75) is 10.3 Å². The Bertz CT molecular complexity index is 1320. The number of hydrogen-bond donors (Lipinski definition) is 1. The molecule has 0 radical (unpaired) electrons. The maximum absolute atomic E-state index is 13.4. The SMILES string of the molecule is O=C(N[C@@H](C(=O)N1CCN(C(=O)c2ccco2)CC1)S(=O)(=O)c1ccccc1)c1cccc(Cl)c1. The van der Waals surface area contributed by atoms with Crippen molar-refractivity contribution >= 4 is 39.2 Å². The van der Waals surface area contributed by atoms with E-state index in [1.165, 1.54) is 52.5 Å². The molecule has 3 amide bonds. The minimum atomic E-state index is -4.28. The van der Waals surface area contributed by atoms with Crippen LogP contribution in [0.2, 0.25) is 5.02 Å². The first-order valence-electron chi connectivity index (χ1n) is 10.7. The molecule has 9 nitrogen and oxygen atoms in total. The van der Waals surface area contributed by atoms with Crippen molar-refractivity contribution in [2.24, 2.45) is 0 Å². The van der Waals surface area contributed by atoms with Crippen LogP contribution in [-0.4, -0.2) is 67.5 Å². The number of carbonyl (C=O) groups excluding carboxylic acids is 3. The Morgan fingerprint density at radius 1 is 0.886 bits per heavy atom. The number of amides is 3. The lowest BCUT2D eigenvalue weighted by atomic mass is 10.2. The Morgan fingerprint density at radius 3 is 2.20 bits per heavy atom. The molecule has 1 N–H and O–H groups in total. The first-order chi connectivity index (χ1) is 16.8. The molecule has 1 saturated heterocycles. The van der Waals surface area contributed by atoms with Gasteiger partial charge in [-0.1, -0.05) is 35.9 Å². The first kappa shape index (κ1) is 24.5. The molecular formula is C24H22ClN3O6S. The van der Waals surface area contributed by atoms with Crippen molar-refractivity contribution in [3.63, 3.8) is 0 Å². The van der Waals surface area contributed by atoms with Gasteiger partial charge in [-0.05, 0) is 42.5 Å². The second-order valence-electron chi connectivity index (χ2n) is 7.82. The number of carbonyl (C=O) groups is 3. The Labute approximate surface area is 207 Å². The van der Waals surface area contributed by atoms with Gasteiger partial charge < -0.3 is 19.5 Å². The predicted molar refractivity (Wildman–Crippen MR) is 128 cm³/mol. The van der Waals surface area contributed by atoms with E-state index in [1.54, 1.807) is 30.3 Å². The third kappa shape index (κ3) is 5.39. The molecule has 35 heavy (non-hydrogen) atoms. The number of sulfone groups is 1. The van der Waals surface area contributed by atoms with E-state index in [0.29, 0.717) is 5.02 Å². The first-order valence-corrected chi connectivity index (χ1v) is 12.7. The van der Waals surface area contributed by atoms with Crippen molar-refractivity contribution < 1.29 is 27.2 Å². The third-order valence-electron chi connectivity index (χ3n) is 5.57. The summed E-state index contributed by atoms with van der Waals surface area (Å²) in [5, 5.41) is 0.818. The summed E-state index contributed by atoms with van der Waals surface area (Å²) in [5.41, 5.74) is 0.118. The van der Waals surface area contributed by atoms with Crippen LogP contribution in [0.3, 0.4) is 0 Å². The Kier molecular flexibility index (Phi) is 7.23. The molecule has 1 atom stereocenters. The molecular weight excluding hydrogens is 494 g/mol. The maximum atomic E-state index is 13.4. The minimum absolute atomic E-state index is 0.0964. The summed E-state index contributed by atoms with van der Waals surface area (Å²) in [6.45, 7) is 0.565. The molecule has 4 rings (SSSR count). The molecule has 1 fully saturated rings. The highest BCUT2D eigenvalue weighted by atomic mass is 35.5. The van der Waals surface area contributed by atoms with Gasteiger partial charge in [-0.15, -0.1) is 0 Å². The fourth-order valence-electron chi connectivity index (χ4n) is 3.70. The number of hydrogen-bond acceptors (Lipinski definition) is 6. The molecule has 11 heteroatoms. The summed E-state index contributed by atoms with van der Waals surface area (Å²) in [4.78, 5) is 41.6. The number of benzene rings is 2. The van der Waals surface area contributed by atoms with Gasteiger partial charge in [0.25, 0.3) is 17.7 Å². The number of nitrogens with zero attached hydrogens (tertiary/aromatic N) is 2. The van der Waals surface area contributed by atoms with Crippen molar-refractivity contribution in [2.75, 3.05) is 26.2 Å². The summed E-state index contributed by atoms with van der Waals surface area (Å²) < 4.78 is 32.0. The molecule has 1 aliphatic heterocycles. The highest BCUT2D eigenvalue weighted by molar-refractivity contribution is 7.92. The van der Waals surface area contributed by atoms with E-state index in [1.807, 2.05) is 0 Å². The summed E-state index contributed by atoms with van der Waals surface area (Å²) in [7, 11) is -4.28. The highest BCUT2D eigenvalue weighted by Crippen LogP contribution is 2.19. The lowest BCUT2D eigenvalue weighted by molar-refractivity contribution is -0.132. The third-order valence-corrected chi connectivity index (χ3v) is 7.67. The molecule has 0 bridgehead atoms. The Morgan fingerprint density at radius 2 is 1.57 bits per heavy atom. The van der Waals surface area contributed by atoms with Crippen LogP contribution in [0.1, 0.15) is 20.9 Å². The van der Waals surface area contributed by atoms with Crippen molar-refractivity contribution in [1.82, 2.24) is 15.1 Å². The molecule has 0 spiro atoms. The summed E-state index contributed by atoms with van der Waals surface area (Å²) in [6, 6.07) is 16.6. The molecule has 0 saturated carbocycles. The van der Waals surface area contributed by atoms with Crippen LogP contribution >= 0.6 is 11.6 Å². The summed E-state index contributed by atoms with van der Waals surface area (Å²) in [6.07, 6.45) is 1.40. The van der Waals surface area contributed by atoms with Crippen LogP contribution < -0.4 is 5.32 Å². The molecule has 2 heterocycles. The van der Waals surface area contributed by atoms with Crippen molar-refractivity contribution in [1.29, 1.82) is 0 Å². The average Bonchev–Trinajstić information content (AvgIpc) is 3.42. The standard InChI is InChI=1S/C24H22ClN3O6S/c25-18-7-4-6-17(16-18)21(29)26-22(35(32,33)19-8-2-1-3-9-19)24(31)28-13-11-27(12-14-28)23(30)20-10-5-15-34-20/h1-10,15-16,22H,11-14H2,(H,26,29)/t22-/m1/s1. The fraction of sp³-hybridized carbons (Fsp3) is 0.208. The van der Waals surface area contributed by atoms with E-state index >= 15 is 0 Å². The van der Waals surface area contributed by atoms with Gasteiger partial charge in [0.05, 0.1) is 11.2 Å². The highest BCUT2D eigenvalue weighted by Gasteiger charge is 2.39. The monoisotopic (exact) mass is 515 g/mol. The van der Waals surface area contributed by atoms with E-state index in [9.17, 15) is 22.8 Å². The summed E-state index contributed by atoms with van der Waals surface area (Å²) >= 11 is 5.96. The lowest BCUT2D eigenvalue weighted by Gasteiger charge is -2.36. The second kappa shape index (κ2) is 10.3. The average molecular weight is 516 g/mol. The molecule has 0 unspecified atom stereocenters. The molecule has 3 aromatic rings. The normalized spacial score (nSPS) is 14.9. The van der Waals surface area contributed by atoms with Gasteiger partial charge in [0.2, 0.25) is 15.2 Å². The van der Waals surface area contributed by atoms with E-state index in [2.05, 4.69) is 5.32 Å². The number of nitrogens with one attached hydrogen (secondary N) is 1.